The minimum absolute atomic E-state index is 0.0166. The fourth-order valence-electron chi connectivity index (χ4n) is 3.25. The Kier molecular flexibility index (Phi) is 4.51. The molecule has 0 amide bonds. The zero-order valence-corrected chi connectivity index (χ0v) is 17.0. The van der Waals surface area contributed by atoms with E-state index in [1.54, 1.807) is 5.12 Å². The average Bonchev–Trinajstić information content (AvgIpc) is 2.95. The number of hydrogen-bond donors (Lipinski definition) is 2. The number of nitrogens with zero attached hydrogens (tertiary/aromatic N) is 2. The van der Waals surface area contributed by atoms with Crippen LogP contribution < -0.4 is 10.5 Å². The first-order chi connectivity index (χ1) is 12.0. The molecule has 1 aliphatic carbocycles. The topological polar surface area (TPSA) is 47.9 Å². The fraction of sp³-hybridized carbons (Fsp3) is 0.500. The molecule has 0 bridgehead atoms. The van der Waals surface area contributed by atoms with Gasteiger partial charge in [0.05, 0.1) is 11.8 Å². The number of benzene rings is 1. The number of phenolic OH excluding ortho intramolecular Hbond substituents is 1. The van der Waals surface area contributed by atoms with Gasteiger partial charge >= 0.3 is 0 Å². The molecule has 0 radical (unpaired) electrons. The van der Waals surface area contributed by atoms with Crippen molar-refractivity contribution in [1.29, 1.82) is 0 Å². The average molecular weight is 354 g/mol. The summed E-state index contributed by atoms with van der Waals surface area (Å²) in [6.07, 6.45) is 7.40. The summed E-state index contributed by atoms with van der Waals surface area (Å²) < 4.78 is 0. The minimum Gasteiger partial charge on any atom is -0.505 e. The zero-order chi connectivity index (χ0) is 19.3. The molecule has 26 heavy (non-hydrogen) atoms. The number of fused-ring (bicyclic) bond motifs is 1. The van der Waals surface area contributed by atoms with Gasteiger partial charge in [-0.1, -0.05) is 66.7 Å². The summed E-state index contributed by atoms with van der Waals surface area (Å²) in [7, 11) is 0. The Bertz CT molecular complexity index is 804. The number of hydrogen-bond acceptors (Lipinski definition) is 4. The van der Waals surface area contributed by atoms with Crippen molar-refractivity contribution in [2.45, 2.75) is 71.8 Å². The van der Waals surface area contributed by atoms with Crippen molar-refractivity contribution in [1.82, 2.24) is 5.43 Å². The molecule has 4 heteroatoms. The Labute approximate surface area is 157 Å². The number of anilines is 1. The number of aromatic hydroxyl groups is 1. The lowest BCUT2D eigenvalue weighted by Crippen LogP contribution is -2.37. The Morgan fingerprint density at radius 1 is 1.12 bits per heavy atom. The molecule has 1 atom stereocenters. The standard InChI is InChI=1S/C22H31N3O/c1-8-14-9-10-17-18(11-14)24-25(23-17)19-13-15(21(2,3)4)12-16(20(19)26)22(5,6)7/h9-13,17,23,26H,8H2,1-7H3. The highest BCUT2D eigenvalue weighted by molar-refractivity contribution is 6.04. The third-order valence-electron chi connectivity index (χ3n) is 5.03. The van der Waals surface area contributed by atoms with Crippen molar-refractivity contribution in [3.05, 3.63) is 47.1 Å². The second-order valence-corrected chi connectivity index (χ2v) is 9.27. The predicted molar refractivity (Wildman–Crippen MR) is 110 cm³/mol. The van der Waals surface area contributed by atoms with Gasteiger partial charge < -0.3 is 5.11 Å². The molecule has 0 saturated heterocycles. The Balaban J connectivity index is 2.10. The van der Waals surface area contributed by atoms with Crippen molar-refractivity contribution in [3.8, 4) is 5.75 Å². The highest BCUT2D eigenvalue weighted by atomic mass is 16.3. The van der Waals surface area contributed by atoms with E-state index in [1.165, 1.54) is 11.1 Å². The summed E-state index contributed by atoms with van der Waals surface area (Å²) in [5, 5.41) is 17.5. The van der Waals surface area contributed by atoms with E-state index in [2.05, 4.69) is 78.2 Å². The largest absolute Gasteiger partial charge is 0.505 e. The van der Waals surface area contributed by atoms with Gasteiger partial charge in [-0.05, 0) is 40.5 Å². The highest BCUT2D eigenvalue weighted by Crippen LogP contribution is 2.42. The number of rotatable bonds is 2. The predicted octanol–water partition coefficient (Wildman–Crippen LogP) is 4.94. The quantitative estimate of drug-likeness (QED) is 0.791. The Morgan fingerprint density at radius 2 is 1.81 bits per heavy atom. The van der Waals surface area contributed by atoms with Crippen molar-refractivity contribution in [2.75, 3.05) is 5.12 Å². The zero-order valence-electron chi connectivity index (χ0n) is 17.0. The van der Waals surface area contributed by atoms with E-state index in [9.17, 15) is 5.11 Å². The summed E-state index contributed by atoms with van der Waals surface area (Å²) in [5.74, 6) is 0.296. The lowest BCUT2D eigenvalue weighted by Gasteiger charge is -2.29. The molecule has 2 N–H and O–H groups in total. The first kappa shape index (κ1) is 18.7. The van der Waals surface area contributed by atoms with Crippen molar-refractivity contribution in [2.24, 2.45) is 5.10 Å². The van der Waals surface area contributed by atoms with Crippen LogP contribution in [0, 0.1) is 0 Å². The van der Waals surface area contributed by atoms with E-state index < -0.39 is 0 Å². The van der Waals surface area contributed by atoms with Crippen LogP contribution in [-0.2, 0) is 10.8 Å². The van der Waals surface area contributed by atoms with Crippen LogP contribution in [0.3, 0.4) is 0 Å². The molecule has 0 spiro atoms. The van der Waals surface area contributed by atoms with Crippen LogP contribution in [0.2, 0.25) is 0 Å². The van der Waals surface area contributed by atoms with E-state index in [-0.39, 0.29) is 16.9 Å². The Morgan fingerprint density at radius 3 is 2.38 bits per heavy atom. The van der Waals surface area contributed by atoms with E-state index in [1.807, 2.05) is 6.07 Å². The van der Waals surface area contributed by atoms with Gasteiger partial charge in [0.25, 0.3) is 0 Å². The monoisotopic (exact) mass is 353 g/mol. The van der Waals surface area contributed by atoms with Gasteiger partial charge in [0.2, 0.25) is 0 Å². The second-order valence-electron chi connectivity index (χ2n) is 9.27. The lowest BCUT2D eigenvalue weighted by molar-refractivity contribution is 0.442. The Hall–Kier alpha value is -2.07. The molecular weight excluding hydrogens is 322 g/mol. The summed E-state index contributed by atoms with van der Waals surface area (Å²) in [4.78, 5) is 0. The van der Waals surface area contributed by atoms with E-state index in [0.29, 0.717) is 11.4 Å². The summed E-state index contributed by atoms with van der Waals surface area (Å²) in [5.41, 5.74) is 8.32. The fourth-order valence-corrected chi connectivity index (χ4v) is 3.25. The second kappa shape index (κ2) is 6.27. The molecule has 0 fully saturated rings. The molecule has 1 aliphatic heterocycles. The summed E-state index contributed by atoms with van der Waals surface area (Å²) in [6, 6.07) is 4.23. The number of nitrogens with one attached hydrogen (secondary N) is 1. The molecule has 1 unspecified atom stereocenters. The van der Waals surface area contributed by atoms with Gasteiger partial charge in [-0.15, -0.1) is 0 Å². The van der Waals surface area contributed by atoms with Crippen LogP contribution in [0.15, 0.2) is 41.0 Å². The molecule has 0 aromatic heterocycles. The first-order valence-electron chi connectivity index (χ1n) is 9.42. The third kappa shape index (κ3) is 3.43. The van der Waals surface area contributed by atoms with E-state index in [4.69, 9.17) is 5.10 Å². The minimum atomic E-state index is -0.158. The van der Waals surface area contributed by atoms with Gasteiger partial charge in [0.1, 0.15) is 11.4 Å². The van der Waals surface area contributed by atoms with Gasteiger partial charge in [-0.25, -0.2) is 0 Å². The number of hydrazine groups is 1. The van der Waals surface area contributed by atoms with Crippen LogP contribution in [-0.4, -0.2) is 16.9 Å². The first-order valence-corrected chi connectivity index (χ1v) is 9.42. The van der Waals surface area contributed by atoms with E-state index in [0.717, 1.165) is 17.7 Å². The molecule has 2 aliphatic rings. The smallest absolute Gasteiger partial charge is 0.146 e. The van der Waals surface area contributed by atoms with Crippen molar-refractivity contribution in [3.63, 3.8) is 0 Å². The van der Waals surface area contributed by atoms with Crippen LogP contribution >= 0.6 is 0 Å². The van der Waals surface area contributed by atoms with Crippen LogP contribution in [0.4, 0.5) is 5.69 Å². The molecule has 140 valence electrons. The molecule has 3 rings (SSSR count). The maximum absolute atomic E-state index is 11.0. The number of hydrazone groups is 1. The van der Waals surface area contributed by atoms with Crippen LogP contribution in [0.5, 0.6) is 5.75 Å². The van der Waals surface area contributed by atoms with Crippen LogP contribution in [0.25, 0.3) is 0 Å². The normalized spacial score (nSPS) is 20.1. The number of allylic oxidation sites excluding steroid dienone is 2. The third-order valence-corrected chi connectivity index (χ3v) is 5.03. The van der Waals surface area contributed by atoms with Crippen molar-refractivity contribution >= 4 is 11.4 Å². The summed E-state index contributed by atoms with van der Waals surface area (Å²) >= 11 is 0. The van der Waals surface area contributed by atoms with Gasteiger partial charge in [-0.3, -0.25) is 0 Å². The van der Waals surface area contributed by atoms with Crippen LogP contribution in [0.1, 0.15) is 66.0 Å². The molecule has 1 heterocycles. The number of phenols is 1. The summed E-state index contributed by atoms with van der Waals surface area (Å²) in [6.45, 7) is 15.1. The molecule has 1 aromatic carbocycles. The van der Waals surface area contributed by atoms with Crippen molar-refractivity contribution < 1.29 is 5.11 Å². The molecule has 4 nitrogen and oxygen atoms in total. The lowest BCUT2D eigenvalue weighted by atomic mass is 9.79. The maximum atomic E-state index is 11.0. The SMILES string of the molecule is CCC1=CC2=NN(c3cc(C(C)(C)C)cc(C(C)(C)C)c3O)NC2C=C1. The molecule has 1 aromatic rings. The van der Waals surface area contributed by atoms with Gasteiger partial charge in [0, 0.05) is 5.56 Å². The van der Waals surface area contributed by atoms with Gasteiger partial charge in [0.15, 0.2) is 0 Å². The highest BCUT2D eigenvalue weighted by Gasteiger charge is 2.31. The van der Waals surface area contributed by atoms with Gasteiger partial charge in [-0.2, -0.15) is 15.6 Å². The maximum Gasteiger partial charge on any atom is 0.146 e. The molecular formula is C22H31N3O. The van der Waals surface area contributed by atoms with E-state index >= 15 is 0 Å². The molecule has 0 saturated carbocycles.